The van der Waals surface area contributed by atoms with Crippen LogP contribution >= 0.6 is 0 Å². The van der Waals surface area contributed by atoms with Gasteiger partial charge in [0.25, 0.3) is 5.91 Å². The average Bonchev–Trinajstić information content (AvgIpc) is 2.32. The molecule has 0 spiro atoms. The largest absolute Gasteiger partial charge is 0.354 e. The molecule has 106 valence electrons. The number of hydrogen-bond acceptors (Lipinski definition) is 4. The molecule has 1 heterocycles. The lowest BCUT2D eigenvalue weighted by Gasteiger charge is -2.11. The number of nitrogens with one attached hydrogen (secondary N) is 2. The van der Waals surface area contributed by atoms with E-state index in [1.54, 1.807) is 6.07 Å². The van der Waals surface area contributed by atoms with E-state index < -0.39 is 0 Å². The van der Waals surface area contributed by atoms with Crippen molar-refractivity contribution in [2.45, 2.75) is 34.6 Å². The Bertz CT molecular complexity index is 429. The van der Waals surface area contributed by atoms with Gasteiger partial charge in [-0.05, 0) is 24.8 Å². The normalized spacial score (nSPS) is 10.9. The average molecular weight is 264 g/mol. The molecule has 0 atom stereocenters. The van der Waals surface area contributed by atoms with Crippen molar-refractivity contribution in [2.75, 3.05) is 18.4 Å². The lowest BCUT2D eigenvalue weighted by Crippen LogP contribution is -2.28. The van der Waals surface area contributed by atoms with Gasteiger partial charge < -0.3 is 10.6 Å². The molecule has 0 unspecified atom stereocenters. The zero-order chi connectivity index (χ0) is 14.4. The summed E-state index contributed by atoms with van der Waals surface area (Å²) in [6.07, 6.45) is 0. The number of anilines is 1. The molecule has 0 saturated carbocycles. The fraction of sp³-hybridized carbons (Fsp3) is 0.643. The van der Waals surface area contributed by atoms with Crippen LogP contribution in [0.3, 0.4) is 0 Å². The Hall–Kier alpha value is -1.65. The Labute approximate surface area is 115 Å². The first-order valence-electron chi connectivity index (χ1n) is 6.76. The molecule has 5 nitrogen and oxygen atoms in total. The third kappa shape index (κ3) is 5.68. The molecular formula is C14H24N4O. The van der Waals surface area contributed by atoms with Gasteiger partial charge in [0.2, 0.25) is 5.95 Å². The van der Waals surface area contributed by atoms with Gasteiger partial charge in [-0.2, -0.15) is 0 Å². The lowest BCUT2D eigenvalue weighted by atomic mass is 10.2. The highest BCUT2D eigenvalue weighted by Gasteiger charge is 2.10. The Morgan fingerprint density at radius 1 is 1.16 bits per heavy atom. The van der Waals surface area contributed by atoms with E-state index in [2.05, 4.69) is 48.3 Å². The van der Waals surface area contributed by atoms with Crippen molar-refractivity contribution in [3.63, 3.8) is 0 Å². The van der Waals surface area contributed by atoms with Crippen LogP contribution in [0, 0.1) is 18.8 Å². The van der Waals surface area contributed by atoms with Crippen LogP contribution in [0.15, 0.2) is 6.07 Å². The van der Waals surface area contributed by atoms with Crippen molar-refractivity contribution in [3.05, 3.63) is 17.5 Å². The van der Waals surface area contributed by atoms with Crippen LogP contribution in [0.1, 0.15) is 43.9 Å². The van der Waals surface area contributed by atoms with Gasteiger partial charge in [-0.25, -0.2) is 9.97 Å². The maximum atomic E-state index is 12.0. The number of aromatic nitrogens is 2. The quantitative estimate of drug-likeness (QED) is 0.827. The maximum absolute atomic E-state index is 12.0. The SMILES string of the molecule is Cc1cc(C(=O)NCC(C)C)nc(NCC(C)C)n1. The number of aryl methyl sites for hydroxylation is 1. The summed E-state index contributed by atoms with van der Waals surface area (Å²) in [6, 6.07) is 1.70. The van der Waals surface area contributed by atoms with E-state index in [9.17, 15) is 4.79 Å². The Morgan fingerprint density at radius 2 is 1.79 bits per heavy atom. The molecule has 0 aliphatic rings. The molecule has 0 aliphatic heterocycles. The van der Waals surface area contributed by atoms with Gasteiger partial charge in [-0.3, -0.25) is 4.79 Å². The van der Waals surface area contributed by atoms with Crippen molar-refractivity contribution in [1.29, 1.82) is 0 Å². The molecule has 0 radical (unpaired) electrons. The van der Waals surface area contributed by atoms with Crippen molar-refractivity contribution in [3.8, 4) is 0 Å². The number of rotatable bonds is 6. The molecule has 0 aromatic carbocycles. The minimum Gasteiger partial charge on any atom is -0.354 e. The van der Waals surface area contributed by atoms with Crippen LogP contribution < -0.4 is 10.6 Å². The first-order chi connectivity index (χ1) is 8.88. The van der Waals surface area contributed by atoms with Gasteiger partial charge >= 0.3 is 0 Å². The molecule has 0 bridgehead atoms. The second-order valence-corrected chi connectivity index (χ2v) is 5.60. The summed E-state index contributed by atoms with van der Waals surface area (Å²) in [5.41, 5.74) is 1.20. The smallest absolute Gasteiger partial charge is 0.270 e. The van der Waals surface area contributed by atoms with E-state index in [1.165, 1.54) is 0 Å². The predicted octanol–water partition coefficient (Wildman–Crippen LogP) is 2.24. The Kier molecular flexibility index (Phi) is 5.73. The summed E-state index contributed by atoms with van der Waals surface area (Å²) in [5, 5.41) is 6.00. The zero-order valence-corrected chi connectivity index (χ0v) is 12.4. The molecule has 0 saturated heterocycles. The number of hydrogen-bond donors (Lipinski definition) is 2. The molecule has 0 aliphatic carbocycles. The molecule has 0 fully saturated rings. The topological polar surface area (TPSA) is 66.9 Å². The fourth-order valence-corrected chi connectivity index (χ4v) is 1.45. The summed E-state index contributed by atoms with van der Waals surface area (Å²) in [7, 11) is 0. The van der Waals surface area contributed by atoms with E-state index in [4.69, 9.17) is 0 Å². The standard InChI is InChI=1S/C14H24N4O/c1-9(2)7-15-13(19)12-6-11(5)17-14(18-12)16-8-10(3)4/h6,9-10H,7-8H2,1-5H3,(H,15,19)(H,16,17,18). The minimum absolute atomic E-state index is 0.146. The van der Waals surface area contributed by atoms with E-state index in [0.717, 1.165) is 12.2 Å². The lowest BCUT2D eigenvalue weighted by molar-refractivity contribution is 0.0944. The highest BCUT2D eigenvalue weighted by atomic mass is 16.1. The van der Waals surface area contributed by atoms with E-state index in [0.29, 0.717) is 30.0 Å². The van der Waals surface area contributed by atoms with Crippen LogP contribution in [0.2, 0.25) is 0 Å². The first-order valence-corrected chi connectivity index (χ1v) is 6.76. The van der Waals surface area contributed by atoms with Crippen LogP contribution in [0.25, 0.3) is 0 Å². The van der Waals surface area contributed by atoms with Gasteiger partial charge in [0.1, 0.15) is 5.69 Å². The van der Waals surface area contributed by atoms with Crippen LogP contribution in [0.5, 0.6) is 0 Å². The van der Waals surface area contributed by atoms with Gasteiger partial charge in [-0.15, -0.1) is 0 Å². The third-order valence-electron chi connectivity index (χ3n) is 2.43. The minimum atomic E-state index is -0.146. The van der Waals surface area contributed by atoms with Crippen LogP contribution in [-0.2, 0) is 0 Å². The van der Waals surface area contributed by atoms with Crippen LogP contribution in [-0.4, -0.2) is 29.0 Å². The van der Waals surface area contributed by atoms with Gasteiger partial charge in [0.05, 0.1) is 0 Å². The second-order valence-electron chi connectivity index (χ2n) is 5.60. The molecule has 1 aromatic heterocycles. The van der Waals surface area contributed by atoms with Gasteiger partial charge in [-0.1, -0.05) is 27.7 Å². The van der Waals surface area contributed by atoms with Crippen molar-refractivity contribution < 1.29 is 4.79 Å². The zero-order valence-electron chi connectivity index (χ0n) is 12.4. The number of carbonyl (C=O) groups is 1. The predicted molar refractivity (Wildman–Crippen MR) is 77.3 cm³/mol. The molecule has 5 heteroatoms. The van der Waals surface area contributed by atoms with E-state index in [-0.39, 0.29) is 5.91 Å². The fourth-order valence-electron chi connectivity index (χ4n) is 1.45. The number of amides is 1. The Morgan fingerprint density at radius 3 is 2.37 bits per heavy atom. The highest BCUT2D eigenvalue weighted by Crippen LogP contribution is 2.06. The summed E-state index contributed by atoms with van der Waals surface area (Å²) < 4.78 is 0. The maximum Gasteiger partial charge on any atom is 0.270 e. The molecule has 1 amide bonds. The van der Waals surface area contributed by atoms with Crippen LogP contribution in [0.4, 0.5) is 5.95 Å². The van der Waals surface area contributed by atoms with Crippen molar-refractivity contribution in [2.24, 2.45) is 11.8 Å². The molecule has 1 rings (SSSR count). The summed E-state index contributed by atoms with van der Waals surface area (Å²) >= 11 is 0. The second kappa shape index (κ2) is 7.07. The van der Waals surface area contributed by atoms with Gasteiger partial charge in [0, 0.05) is 18.8 Å². The highest BCUT2D eigenvalue weighted by molar-refractivity contribution is 5.92. The Balaban J connectivity index is 2.75. The molecule has 2 N–H and O–H groups in total. The number of nitrogens with zero attached hydrogens (tertiary/aromatic N) is 2. The third-order valence-corrected chi connectivity index (χ3v) is 2.43. The van der Waals surface area contributed by atoms with Gasteiger partial charge in [0.15, 0.2) is 0 Å². The van der Waals surface area contributed by atoms with E-state index >= 15 is 0 Å². The van der Waals surface area contributed by atoms with Crippen molar-refractivity contribution in [1.82, 2.24) is 15.3 Å². The monoisotopic (exact) mass is 264 g/mol. The summed E-state index contributed by atoms with van der Waals surface area (Å²) in [6.45, 7) is 11.6. The first kappa shape index (κ1) is 15.4. The summed E-state index contributed by atoms with van der Waals surface area (Å²) in [4.78, 5) is 20.5. The van der Waals surface area contributed by atoms with E-state index in [1.807, 2.05) is 6.92 Å². The molecule has 19 heavy (non-hydrogen) atoms. The molecular weight excluding hydrogens is 240 g/mol. The summed E-state index contributed by atoms with van der Waals surface area (Å²) in [5.74, 6) is 1.29. The number of carbonyl (C=O) groups excluding carboxylic acids is 1. The molecule has 1 aromatic rings. The van der Waals surface area contributed by atoms with Crippen molar-refractivity contribution >= 4 is 11.9 Å².